The number of hydrogen-bond donors (Lipinski definition) is 0. The highest BCUT2D eigenvalue weighted by molar-refractivity contribution is 7.17. The lowest BCUT2D eigenvalue weighted by Crippen LogP contribution is -2.36. The van der Waals surface area contributed by atoms with Crippen molar-refractivity contribution >= 4 is 28.3 Å². The van der Waals surface area contributed by atoms with Gasteiger partial charge in [-0.3, -0.25) is 4.79 Å². The number of rotatable bonds is 5. The van der Waals surface area contributed by atoms with E-state index in [-0.39, 0.29) is 11.4 Å². The van der Waals surface area contributed by atoms with Crippen molar-refractivity contribution in [3.8, 4) is 17.3 Å². The van der Waals surface area contributed by atoms with Crippen molar-refractivity contribution in [2.24, 2.45) is 0 Å². The second-order valence-corrected chi connectivity index (χ2v) is 8.00. The van der Waals surface area contributed by atoms with E-state index in [4.69, 9.17) is 9.72 Å². The molecule has 1 aliphatic heterocycles. The van der Waals surface area contributed by atoms with Gasteiger partial charge >= 0.3 is 0 Å². The van der Waals surface area contributed by atoms with Crippen LogP contribution in [0.3, 0.4) is 0 Å². The number of Topliss-reactive ketones (excluding diaryl/α,β-unsaturated/α-hetero) is 1. The number of carbonyl (C=O) groups is 1. The monoisotopic (exact) mass is 415 g/mol. The number of nitriles is 1. The standard InChI is InChI=1S/C24H21N3O2S/c1-17-7-5-6-10-20(17)23(28)19(16-25)15-21-22(18-8-3-2-4-9-18)26-24(30-21)27-11-13-29-14-12-27/h2-10,15H,11-14H2,1H3/b19-15+. The van der Waals surface area contributed by atoms with E-state index in [9.17, 15) is 10.1 Å². The summed E-state index contributed by atoms with van der Waals surface area (Å²) >= 11 is 1.50. The fraction of sp³-hybridized carbons (Fsp3) is 0.208. The third-order valence-corrected chi connectivity index (χ3v) is 6.06. The Bertz CT molecular complexity index is 1120. The zero-order valence-electron chi connectivity index (χ0n) is 16.7. The molecule has 0 radical (unpaired) electrons. The molecule has 2 aromatic carbocycles. The number of ether oxygens (including phenoxy) is 1. The number of aryl methyl sites for hydroxylation is 1. The zero-order chi connectivity index (χ0) is 20.9. The van der Waals surface area contributed by atoms with Gasteiger partial charge in [0.05, 0.1) is 23.8 Å². The van der Waals surface area contributed by atoms with Gasteiger partial charge in [-0.2, -0.15) is 5.26 Å². The third-order valence-electron chi connectivity index (χ3n) is 5.00. The van der Waals surface area contributed by atoms with Crippen LogP contribution in [-0.4, -0.2) is 37.1 Å². The van der Waals surface area contributed by atoms with Crippen molar-refractivity contribution < 1.29 is 9.53 Å². The van der Waals surface area contributed by atoms with Crippen molar-refractivity contribution in [2.45, 2.75) is 6.92 Å². The van der Waals surface area contributed by atoms with Gasteiger partial charge in [0.1, 0.15) is 11.6 Å². The van der Waals surface area contributed by atoms with Crippen LogP contribution in [0.1, 0.15) is 20.8 Å². The van der Waals surface area contributed by atoms with E-state index >= 15 is 0 Å². The Kier molecular flexibility index (Phi) is 6.03. The normalized spacial score (nSPS) is 14.4. The number of nitrogens with zero attached hydrogens (tertiary/aromatic N) is 3. The number of carbonyl (C=O) groups excluding carboxylic acids is 1. The van der Waals surface area contributed by atoms with Gasteiger partial charge in [-0.1, -0.05) is 65.9 Å². The van der Waals surface area contributed by atoms with Crippen molar-refractivity contribution in [1.82, 2.24) is 4.98 Å². The molecule has 4 rings (SSSR count). The van der Waals surface area contributed by atoms with Crippen LogP contribution < -0.4 is 4.90 Å². The molecule has 0 spiro atoms. The number of ketones is 1. The molecule has 0 saturated carbocycles. The summed E-state index contributed by atoms with van der Waals surface area (Å²) in [5.74, 6) is -0.268. The predicted octanol–water partition coefficient (Wildman–Crippen LogP) is 4.75. The summed E-state index contributed by atoms with van der Waals surface area (Å²) < 4.78 is 5.45. The van der Waals surface area contributed by atoms with Crippen LogP contribution in [0.5, 0.6) is 0 Å². The van der Waals surface area contributed by atoms with Gasteiger partial charge in [0.2, 0.25) is 5.78 Å². The average Bonchev–Trinajstić information content (AvgIpc) is 3.22. The Labute approximate surface area is 179 Å². The molecular formula is C24H21N3O2S. The Morgan fingerprint density at radius 1 is 1.13 bits per heavy atom. The largest absolute Gasteiger partial charge is 0.378 e. The van der Waals surface area contributed by atoms with Crippen LogP contribution in [0.4, 0.5) is 5.13 Å². The maximum atomic E-state index is 13.0. The maximum Gasteiger partial charge on any atom is 0.203 e. The summed E-state index contributed by atoms with van der Waals surface area (Å²) in [6.07, 6.45) is 1.68. The van der Waals surface area contributed by atoms with Crippen molar-refractivity contribution in [1.29, 1.82) is 5.26 Å². The SMILES string of the molecule is Cc1ccccc1C(=O)/C(C#N)=C/c1sc(N2CCOCC2)nc1-c1ccccc1. The molecule has 0 aliphatic carbocycles. The van der Waals surface area contributed by atoms with Crippen LogP contribution in [0.25, 0.3) is 17.3 Å². The molecule has 6 heteroatoms. The van der Waals surface area contributed by atoms with E-state index in [1.807, 2.05) is 55.5 Å². The summed E-state index contributed by atoms with van der Waals surface area (Å²) in [7, 11) is 0. The Morgan fingerprint density at radius 3 is 2.53 bits per heavy atom. The number of benzene rings is 2. The molecule has 2 heterocycles. The van der Waals surface area contributed by atoms with Gasteiger partial charge in [-0.15, -0.1) is 0 Å². The van der Waals surface area contributed by atoms with Crippen molar-refractivity contribution in [2.75, 3.05) is 31.2 Å². The van der Waals surface area contributed by atoms with E-state index in [2.05, 4.69) is 11.0 Å². The molecular weight excluding hydrogens is 394 g/mol. The fourth-order valence-electron chi connectivity index (χ4n) is 3.36. The fourth-order valence-corrected chi connectivity index (χ4v) is 4.45. The molecule has 0 amide bonds. The minimum Gasteiger partial charge on any atom is -0.378 e. The second kappa shape index (κ2) is 9.04. The smallest absolute Gasteiger partial charge is 0.203 e. The molecule has 150 valence electrons. The van der Waals surface area contributed by atoms with Crippen LogP contribution in [-0.2, 0) is 4.74 Å². The summed E-state index contributed by atoms with van der Waals surface area (Å²) in [5.41, 5.74) is 3.25. The lowest BCUT2D eigenvalue weighted by molar-refractivity contribution is 0.103. The summed E-state index contributed by atoms with van der Waals surface area (Å²) in [6.45, 7) is 4.76. The molecule has 3 aromatic rings. The first-order valence-corrected chi connectivity index (χ1v) is 10.6. The van der Waals surface area contributed by atoms with Crippen LogP contribution in [0, 0.1) is 18.3 Å². The number of hydrogen-bond acceptors (Lipinski definition) is 6. The quantitative estimate of drug-likeness (QED) is 0.342. The van der Waals surface area contributed by atoms with Gasteiger partial charge in [-0.25, -0.2) is 4.98 Å². The molecule has 0 atom stereocenters. The molecule has 1 saturated heterocycles. The Balaban J connectivity index is 1.78. The maximum absolute atomic E-state index is 13.0. The number of morpholine rings is 1. The highest BCUT2D eigenvalue weighted by Gasteiger charge is 2.21. The van der Waals surface area contributed by atoms with E-state index < -0.39 is 0 Å². The minimum absolute atomic E-state index is 0.110. The van der Waals surface area contributed by atoms with Gasteiger partial charge in [-0.05, 0) is 18.6 Å². The van der Waals surface area contributed by atoms with E-state index in [1.165, 1.54) is 11.3 Å². The number of allylic oxidation sites excluding steroid dienone is 1. The van der Waals surface area contributed by atoms with Gasteiger partial charge in [0.15, 0.2) is 5.13 Å². The van der Waals surface area contributed by atoms with Crippen molar-refractivity contribution in [3.63, 3.8) is 0 Å². The molecule has 0 bridgehead atoms. The first-order chi connectivity index (χ1) is 14.7. The van der Waals surface area contributed by atoms with E-state index in [1.54, 1.807) is 12.1 Å². The minimum atomic E-state index is -0.268. The Hall–Kier alpha value is -3.27. The zero-order valence-corrected chi connectivity index (χ0v) is 17.5. The molecule has 0 N–H and O–H groups in total. The number of anilines is 1. The molecule has 5 nitrogen and oxygen atoms in total. The van der Waals surface area contributed by atoms with Crippen LogP contribution >= 0.6 is 11.3 Å². The first-order valence-electron chi connectivity index (χ1n) is 9.78. The molecule has 1 aliphatic rings. The van der Waals surface area contributed by atoms with Crippen molar-refractivity contribution in [3.05, 3.63) is 76.2 Å². The highest BCUT2D eigenvalue weighted by atomic mass is 32.1. The summed E-state index contributed by atoms with van der Waals surface area (Å²) in [6, 6.07) is 19.3. The van der Waals surface area contributed by atoms with Gasteiger partial charge < -0.3 is 9.64 Å². The lowest BCUT2D eigenvalue weighted by Gasteiger charge is -2.26. The highest BCUT2D eigenvalue weighted by Crippen LogP contribution is 2.35. The van der Waals surface area contributed by atoms with Gasteiger partial charge in [0.25, 0.3) is 0 Å². The molecule has 30 heavy (non-hydrogen) atoms. The molecule has 1 aromatic heterocycles. The predicted molar refractivity (Wildman–Crippen MR) is 120 cm³/mol. The topological polar surface area (TPSA) is 66.2 Å². The number of thiazole rings is 1. The lowest BCUT2D eigenvalue weighted by atomic mass is 9.99. The van der Waals surface area contributed by atoms with Gasteiger partial charge in [0, 0.05) is 24.2 Å². The van der Waals surface area contributed by atoms with Crippen LogP contribution in [0.15, 0.2) is 60.2 Å². The Morgan fingerprint density at radius 2 is 1.83 bits per heavy atom. The first kappa shape index (κ1) is 20.0. The van der Waals surface area contributed by atoms with Crippen LogP contribution in [0.2, 0.25) is 0 Å². The third kappa shape index (κ3) is 4.18. The second-order valence-electron chi connectivity index (χ2n) is 6.99. The molecule has 1 fully saturated rings. The molecule has 0 unspecified atom stereocenters. The number of aromatic nitrogens is 1. The van der Waals surface area contributed by atoms with E-state index in [0.717, 1.165) is 39.9 Å². The van der Waals surface area contributed by atoms with E-state index in [0.29, 0.717) is 18.8 Å². The summed E-state index contributed by atoms with van der Waals surface area (Å²) in [4.78, 5) is 20.9. The summed E-state index contributed by atoms with van der Waals surface area (Å²) in [5, 5.41) is 10.6. The average molecular weight is 416 g/mol.